The van der Waals surface area contributed by atoms with Gasteiger partial charge in [-0.1, -0.05) is 12.1 Å². The Hall–Kier alpha value is -2.61. The Morgan fingerprint density at radius 2 is 1.71 bits per heavy atom. The molecule has 0 bridgehead atoms. The van der Waals surface area contributed by atoms with Crippen molar-refractivity contribution in [2.45, 2.75) is 19.0 Å². The molecule has 0 aromatic heterocycles. The van der Waals surface area contributed by atoms with Crippen LogP contribution in [-0.2, 0) is 14.4 Å². The zero-order chi connectivity index (χ0) is 16.0. The van der Waals surface area contributed by atoms with Crippen LogP contribution in [0, 0.1) is 0 Å². The van der Waals surface area contributed by atoms with Crippen LogP contribution < -0.4 is 10.6 Å². The van der Waals surface area contributed by atoms with Gasteiger partial charge in [0.2, 0.25) is 11.8 Å². The van der Waals surface area contributed by atoms with Gasteiger partial charge in [-0.05, 0) is 24.6 Å². The molecule has 0 spiro atoms. The van der Waals surface area contributed by atoms with Gasteiger partial charge in [0.05, 0.1) is 0 Å². The molecule has 2 amide bonds. The quantitative estimate of drug-likeness (QED) is 0.463. The molecule has 0 radical (unpaired) electrons. The third-order valence-corrected chi connectivity index (χ3v) is 2.67. The number of benzene rings is 1. The van der Waals surface area contributed by atoms with Crippen LogP contribution in [0.15, 0.2) is 24.3 Å². The van der Waals surface area contributed by atoms with Crippen molar-refractivity contribution in [1.82, 2.24) is 10.6 Å². The van der Waals surface area contributed by atoms with Crippen molar-refractivity contribution in [3.63, 3.8) is 0 Å². The lowest BCUT2D eigenvalue weighted by Crippen LogP contribution is -2.46. The fourth-order valence-corrected chi connectivity index (χ4v) is 1.53. The molecule has 0 saturated carbocycles. The van der Waals surface area contributed by atoms with E-state index in [0.29, 0.717) is 5.56 Å². The highest BCUT2D eigenvalue weighted by Gasteiger charge is 2.25. The number of nitrogens with one attached hydrogen (secondary N) is 2. The lowest BCUT2D eigenvalue weighted by molar-refractivity contribution is -0.141. The number of hydrogen-bond acceptors (Lipinski definition) is 5. The minimum Gasteiger partial charge on any atom is -0.508 e. The number of carboxylic acids is 1. The molecule has 0 heterocycles. The minimum atomic E-state index is -1.22. The Morgan fingerprint density at radius 3 is 2.19 bits per heavy atom. The first-order valence-corrected chi connectivity index (χ1v) is 6.07. The highest BCUT2D eigenvalue weighted by atomic mass is 16.4. The number of amides is 2. The van der Waals surface area contributed by atoms with Crippen molar-refractivity contribution in [2.24, 2.45) is 0 Å². The zero-order valence-corrected chi connectivity index (χ0v) is 11.2. The molecule has 8 heteroatoms. The highest BCUT2D eigenvalue weighted by Crippen LogP contribution is 2.17. The molecule has 0 aliphatic rings. The van der Waals surface area contributed by atoms with Crippen LogP contribution in [0.5, 0.6) is 5.75 Å². The smallest absolute Gasteiger partial charge is 0.325 e. The molecule has 2 unspecified atom stereocenters. The Bertz CT molecular complexity index is 528. The van der Waals surface area contributed by atoms with E-state index >= 15 is 0 Å². The number of aliphatic hydroxyl groups excluding tert-OH is 1. The summed E-state index contributed by atoms with van der Waals surface area (Å²) in [5.74, 6) is -2.77. The van der Waals surface area contributed by atoms with Crippen LogP contribution in [0.2, 0.25) is 0 Å². The maximum atomic E-state index is 12.1. The van der Waals surface area contributed by atoms with Gasteiger partial charge in [0.25, 0.3) is 0 Å². The first-order chi connectivity index (χ1) is 9.85. The van der Waals surface area contributed by atoms with E-state index in [1.807, 2.05) is 0 Å². The van der Waals surface area contributed by atoms with Gasteiger partial charge in [0, 0.05) is 0 Å². The van der Waals surface area contributed by atoms with E-state index in [1.54, 1.807) is 0 Å². The highest BCUT2D eigenvalue weighted by molar-refractivity contribution is 5.91. The minimum absolute atomic E-state index is 0.0229. The summed E-state index contributed by atoms with van der Waals surface area (Å²) in [7, 11) is 0. The Labute approximate surface area is 120 Å². The van der Waals surface area contributed by atoms with Gasteiger partial charge in [0.1, 0.15) is 24.4 Å². The second kappa shape index (κ2) is 7.25. The molecular weight excluding hydrogens is 280 g/mol. The van der Waals surface area contributed by atoms with Crippen molar-refractivity contribution in [3.05, 3.63) is 29.8 Å². The predicted octanol–water partition coefficient (Wildman–Crippen LogP) is -0.869. The Balaban J connectivity index is 2.96. The SMILES string of the molecule is CC(NC(=O)C(NC(=O)CO)c1ccc(O)cc1)C(=O)O. The summed E-state index contributed by atoms with van der Waals surface area (Å²) in [4.78, 5) is 34.1. The van der Waals surface area contributed by atoms with Crippen LogP contribution in [0.3, 0.4) is 0 Å². The predicted molar refractivity (Wildman–Crippen MR) is 71.3 cm³/mol. The van der Waals surface area contributed by atoms with Gasteiger partial charge in [-0.25, -0.2) is 0 Å². The summed E-state index contributed by atoms with van der Waals surface area (Å²) in [6.45, 7) is 0.471. The number of carbonyl (C=O) groups excluding carboxylic acids is 2. The second-order valence-electron chi connectivity index (χ2n) is 4.32. The lowest BCUT2D eigenvalue weighted by atomic mass is 10.1. The molecule has 1 aromatic rings. The van der Waals surface area contributed by atoms with E-state index in [4.69, 9.17) is 10.2 Å². The normalized spacial score (nSPS) is 13.0. The molecule has 0 fully saturated rings. The maximum Gasteiger partial charge on any atom is 0.325 e. The molecule has 0 aliphatic heterocycles. The summed E-state index contributed by atoms with van der Waals surface area (Å²) in [5, 5.41) is 31.2. The monoisotopic (exact) mass is 296 g/mol. The average Bonchev–Trinajstić information content (AvgIpc) is 2.45. The number of phenols is 1. The molecule has 1 rings (SSSR count). The van der Waals surface area contributed by atoms with Crippen molar-refractivity contribution in [2.75, 3.05) is 6.61 Å². The molecular formula is C13H16N2O6. The van der Waals surface area contributed by atoms with E-state index < -0.39 is 36.5 Å². The van der Waals surface area contributed by atoms with Gasteiger partial charge in [-0.3, -0.25) is 14.4 Å². The van der Waals surface area contributed by atoms with E-state index in [0.717, 1.165) is 0 Å². The standard InChI is InChI=1S/C13H16N2O6/c1-7(13(20)21)14-12(19)11(15-10(18)6-16)8-2-4-9(17)5-3-8/h2-5,7,11,16-17H,6H2,1H3,(H,14,19)(H,15,18)(H,20,21). The molecule has 5 N–H and O–H groups in total. The fourth-order valence-electron chi connectivity index (χ4n) is 1.53. The van der Waals surface area contributed by atoms with Crippen LogP contribution in [0.1, 0.15) is 18.5 Å². The van der Waals surface area contributed by atoms with Crippen LogP contribution in [-0.4, -0.2) is 45.8 Å². The topological polar surface area (TPSA) is 136 Å². The van der Waals surface area contributed by atoms with Crippen molar-refractivity contribution < 1.29 is 29.7 Å². The number of rotatable bonds is 6. The van der Waals surface area contributed by atoms with Crippen LogP contribution in [0.25, 0.3) is 0 Å². The van der Waals surface area contributed by atoms with E-state index in [9.17, 15) is 19.5 Å². The number of phenolic OH excluding ortho intramolecular Hbond substituents is 1. The summed E-state index contributed by atoms with van der Waals surface area (Å²) in [6, 6.07) is 3.14. The number of carbonyl (C=O) groups is 3. The molecule has 0 aliphatic carbocycles. The van der Waals surface area contributed by atoms with E-state index in [2.05, 4.69) is 10.6 Å². The van der Waals surface area contributed by atoms with E-state index in [1.165, 1.54) is 31.2 Å². The van der Waals surface area contributed by atoms with Gasteiger partial charge in [-0.15, -0.1) is 0 Å². The number of aromatic hydroxyl groups is 1. The summed E-state index contributed by atoms with van der Waals surface area (Å²) < 4.78 is 0. The first-order valence-electron chi connectivity index (χ1n) is 6.07. The fraction of sp³-hybridized carbons (Fsp3) is 0.308. The summed E-state index contributed by atoms with van der Waals surface area (Å²) in [6.07, 6.45) is 0. The number of carboxylic acid groups (broad SMARTS) is 1. The first kappa shape index (κ1) is 16.4. The molecule has 2 atom stereocenters. The summed E-state index contributed by atoms with van der Waals surface area (Å²) >= 11 is 0. The average molecular weight is 296 g/mol. The maximum absolute atomic E-state index is 12.1. The Morgan fingerprint density at radius 1 is 1.14 bits per heavy atom. The van der Waals surface area contributed by atoms with E-state index in [-0.39, 0.29) is 5.75 Å². The third-order valence-electron chi connectivity index (χ3n) is 2.67. The molecule has 8 nitrogen and oxygen atoms in total. The number of hydrogen-bond donors (Lipinski definition) is 5. The second-order valence-corrected chi connectivity index (χ2v) is 4.32. The Kier molecular flexibility index (Phi) is 5.67. The van der Waals surface area contributed by atoms with Gasteiger partial charge < -0.3 is 26.0 Å². The van der Waals surface area contributed by atoms with Gasteiger partial charge in [0.15, 0.2) is 0 Å². The molecule has 114 valence electrons. The lowest BCUT2D eigenvalue weighted by Gasteiger charge is -2.20. The van der Waals surface area contributed by atoms with Gasteiger partial charge >= 0.3 is 5.97 Å². The third kappa shape index (κ3) is 4.77. The van der Waals surface area contributed by atoms with Crippen molar-refractivity contribution >= 4 is 17.8 Å². The number of aliphatic carboxylic acids is 1. The van der Waals surface area contributed by atoms with Crippen LogP contribution in [0.4, 0.5) is 0 Å². The number of aliphatic hydroxyl groups is 1. The summed E-state index contributed by atoms with van der Waals surface area (Å²) in [5.41, 5.74) is 0.338. The van der Waals surface area contributed by atoms with Crippen molar-refractivity contribution in [3.8, 4) is 5.75 Å². The molecule has 1 aromatic carbocycles. The van der Waals surface area contributed by atoms with Crippen LogP contribution >= 0.6 is 0 Å². The molecule has 0 saturated heterocycles. The van der Waals surface area contributed by atoms with Gasteiger partial charge in [-0.2, -0.15) is 0 Å². The largest absolute Gasteiger partial charge is 0.508 e. The van der Waals surface area contributed by atoms with Crippen molar-refractivity contribution in [1.29, 1.82) is 0 Å². The zero-order valence-electron chi connectivity index (χ0n) is 11.2. The molecule has 21 heavy (non-hydrogen) atoms.